The molecule has 8 nitrogen and oxygen atoms in total. The molecular weight excluding hydrogens is 440 g/mol. The number of rotatable bonds is 9. The van der Waals surface area contributed by atoms with Gasteiger partial charge in [0.1, 0.15) is 17.2 Å². The lowest BCUT2D eigenvalue weighted by Gasteiger charge is -2.12. The van der Waals surface area contributed by atoms with Crippen LogP contribution >= 0.6 is 11.3 Å². The largest absolute Gasteiger partial charge is 0.493 e. The first-order chi connectivity index (χ1) is 16.1. The summed E-state index contributed by atoms with van der Waals surface area (Å²) in [6.07, 6.45) is 5.20. The second kappa shape index (κ2) is 9.41. The monoisotopic (exact) mass is 462 g/mol. The Morgan fingerprint density at radius 2 is 1.94 bits per heavy atom. The zero-order valence-electron chi connectivity index (χ0n) is 18.0. The highest BCUT2D eigenvalue weighted by atomic mass is 32.1. The van der Waals surface area contributed by atoms with E-state index in [1.807, 2.05) is 24.3 Å². The van der Waals surface area contributed by atoms with Gasteiger partial charge in [-0.05, 0) is 48.7 Å². The molecule has 33 heavy (non-hydrogen) atoms. The molecule has 168 valence electrons. The SMILES string of the molecule is Cc1nnc(-c2ccc(Oc3cc(OCCC4CC4)cc(C(=O)Nc4nccs4)c3)cc2)o1. The van der Waals surface area contributed by atoms with Crippen molar-refractivity contribution in [3.05, 3.63) is 65.5 Å². The number of ether oxygens (including phenoxy) is 2. The molecule has 0 bridgehead atoms. The van der Waals surface area contributed by atoms with Gasteiger partial charge in [0, 0.05) is 35.7 Å². The molecule has 0 spiro atoms. The lowest BCUT2D eigenvalue weighted by atomic mass is 10.2. The van der Waals surface area contributed by atoms with Gasteiger partial charge in [0.25, 0.3) is 5.91 Å². The number of nitrogens with zero attached hydrogens (tertiary/aromatic N) is 3. The summed E-state index contributed by atoms with van der Waals surface area (Å²) in [5.41, 5.74) is 1.23. The second-order valence-electron chi connectivity index (χ2n) is 7.82. The quantitative estimate of drug-likeness (QED) is 0.339. The summed E-state index contributed by atoms with van der Waals surface area (Å²) in [6, 6.07) is 12.5. The van der Waals surface area contributed by atoms with Crippen molar-refractivity contribution >= 4 is 22.4 Å². The van der Waals surface area contributed by atoms with Gasteiger partial charge < -0.3 is 13.9 Å². The molecule has 0 unspecified atom stereocenters. The van der Waals surface area contributed by atoms with E-state index in [1.165, 1.54) is 24.2 Å². The summed E-state index contributed by atoms with van der Waals surface area (Å²) in [5.74, 6) is 3.15. The maximum absolute atomic E-state index is 12.8. The van der Waals surface area contributed by atoms with Gasteiger partial charge in [-0.1, -0.05) is 12.8 Å². The number of hydrogen-bond donors (Lipinski definition) is 1. The molecule has 0 aliphatic heterocycles. The van der Waals surface area contributed by atoms with Crippen LogP contribution in [0.2, 0.25) is 0 Å². The summed E-state index contributed by atoms with van der Waals surface area (Å²) in [6.45, 7) is 2.36. The second-order valence-corrected chi connectivity index (χ2v) is 8.71. The number of hydrogen-bond acceptors (Lipinski definition) is 8. The van der Waals surface area contributed by atoms with E-state index >= 15 is 0 Å². The standard InChI is InChI=1S/C24H22N4O4S/c1-15-27-28-23(31-15)17-4-6-19(7-5-17)32-21-13-18(22(29)26-24-25-9-11-33-24)12-20(14-21)30-10-8-16-2-3-16/h4-7,9,11-14,16H,2-3,8,10H2,1H3,(H,25,26,29). The molecule has 1 fully saturated rings. The Labute approximate surface area is 194 Å². The molecule has 1 saturated carbocycles. The van der Waals surface area contributed by atoms with Gasteiger partial charge in [-0.3, -0.25) is 10.1 Å². The number of thiazole rings is 1. The molecule has 1 N–H and O–H groups in total. The first-order valence-electron chi connectivity index (χ1n) is 10.7. The minimum Gasteiger partial charge on any atom is -0.493 e. The van der Waals surface area contributed by atoms with Crippen LogP contribution in [0.1, 0.15) is 35.5 Å². The van der Waals surface area contributed by atoms with Crippen molar-refractivity contribution in [3.8, 4) is 28.7 Å². The van der Waals surface area contributed by atoms with Gasteiger partial charge in [0.15, 0.2) is 5.13 Å². The van der Waals surface area contributed by atoms with E-state index in [2.05, 4.69) is 20.5 Å². The van der Waals surface area contributed by atoms with Crippen LogP contribution in [0.5, 0.6) is 17.2 Å². The zero-order chi connectivity index (χ0) is 22.6. The van der Waals surface area contributed by atoms with Crippen LogP contribution in [0.15, 0.2) is 58.5 Å². The van der Waals surface area contributed by atoms with E-state index in [-0.39, 0.29) is 5.91 Å². The topological polar surface area (TPSA) is 99.4 Å². The van der Waals surface area contributed by atoms with Gasteiger partial charge in [-0.25, -0.2) is 4.98 Å². The Balaban J connectivity index is 1.34. The Hall–Kier alpha value is -3.72. The van der Waals surface area contributed by atoms with E-state index in [0.717, 1.165) is 17.9 Å². The molecule has 0 atom stereocenters. The average molecular weight is 463 g/mol. The van der Waals surface area contributed by atoms with Gasteiger partial charge in [0.05, 0.1) is 6.61 Å². The van der Waals surface area contributed by atoms with E-state index in [0.29, 0.717) is 46.3 Å². The molecule has 1 aliphatic carbocycles. The Morgan fingerprint density at radius 3 is 2.64 bits per heavy atom. The minimum atomic E-state index is -0.274. The average Bonchev–Trinajstić information content (AvgIpc) is 3.29. The number of aryl methyl sites for hydroxylation is 1. The van der Waals surface area contributed by atoms with Crippen LogP contribution < -0.4 is 14.8 Å². The fourth-order valence-corrected chi connectivity index (χ4v) is 3.79. The Morgan fingerprint density at radius 1 is 1.12 bits per heavy atom. The van der Waals surface area contributed by atoms with E-state index in [1.54, 1.807) is 36.7 Å². The molecule has 1 aliphatic rings. The van der Waals surface area contributed by atoms with Crippen molar-refractivity contribution in [2.24, 2.45) is 5.92 Å². The number of benzene rings is 2. The number of carbonyl (C=O) groups is 1. The van der Waals surface area contributed by atoms with Crippen molar-refractivity contribution in [2.45, 2.75) is 26.2 Å². The summed E-state index contributed by atoms with van der Waals surface area (Å²) >= 11 is 1.36. The predicted molar refractivity (Wildman–Crippen MR) is 124 cm³/mol. The van der Waals surface area contributed by atoms with Gasteiger partial charge in [-0.2, -0.15) is 0 Å². The lowest BCUT2D eigenvalue weighted by Crippen LogP contribution is -2.12. The number of nitrogens with one attached hydrogen (secondary N) is 1. The number of aromatic nitrogens is 3. The molecule has 0 radical (unpaired) electrons. The predicted octanol–water partition coefficient (Wildman–Crippen LogP) is 5.73. The minimum absolute atomic E-state index is 0.274. The van der Waals surface area contributed by atoms with Gasteiger partial charge in [-0.15, -0.1) is 21.5 Å². The molecule has 0 saturated heterocycles. The maximum atomic E-state index is 12.8. The van der Waals surface area contributed by atoms with Crippen molar-refractivity contribution in [1.82, 2.24) is 15.2 Å². The van der Waals surface area contributed by atoms with Crippen molar-refractivity contribution < 1.29 is 18.7 Å². The molecule has 2 heterocycles. The highest BCUT2D eigenvalue weighted by Gasteiger charge is 2.21. The summed E-state index contributed by atoms with van der Waals surface area (Å²) in [4.78, 5) is 16.9. The fourth-order valence-electron chi connectivity index (χ4n) is 3.26. The Kier molecular flexibility index (Phi) is 6.03. The number of anilines is 1. The molecular formula is C24H22N4O4S. The third kappa shape index (κ3) is 5.56. The fraction of sp³-hybridized carbons (Fsp3) is 0.250. The summed E-state index contributed by atoms with van der Waals surface area (Å²) < 4.78 is 17.4. The molecule has 4 aromatic rings. The lowest BCUT2D eigenvalue weighted by molar-refractivity contribution is 0.102. The normalized spacial score (nSPS) is 13.0. The zero-order valence-corrected chi connectivity index (χ0v) is 18.8. The third-order valence-electron chi connectivity index (χ3n) is 5.15. The van der Waals surface area contributed by atoms with Crippen molar-refractivity contribution in [2.75, 3.05) is 11.9 Å². The molecule has 9 heteroatoms. The summed E-state index contributed by atoms with van der Waals surface area (Å²) in [5, 5.41) is 13.0. The highest BCUT2D eigenvalue weighted by Crippen LogP contribution is 2.33. The van der Waals surface area contributed by atoms with E-state index in [4.69, 9.17) is 13.9 Å². The van der Waals surface area contributed by atoms with Crippen LogP contribution in [-0.2, 0) is 0 Å². The van der Waals surface area contributed by atoms with Crippen LogP contribution in [0.25, 0.3) is 11.5 Å². The van der Waals surface area contributed by atoms with Crippen LogP contribution in [-0.4, -0.2) is 27.7 Å². The number of carbonyl (C=O) groups excluding carboxylic acids is 1. The van der Waals surface area contributed by atoms with Gasteiger partial charge in [0.2, 0.25) is 11.8 Å². The first-order valence-corrected chi connectivity index (χ1v) is 11.6. The van der Waals surface area contributed by atoms with Crippen molar-refractivity contribution in [3.63, 3.8) is 0 Å². The highest BCUT2D eigenvalue weighted by molar-refractivity contribution is 7.13. The smallest absolute Gasteiger partial charge is 0.257 e. The van der Waals surface area contributed by atoms with E-state index in [9.17, 15) is 4.79 Å². The molecule has 2 aromatic carbocycles. The number of amides is 1. The first kappa shape index (κ1) is 21.1. The van der Waals surface area contributed by atoms with Crippen LogP contribution in [0, 0.1) is 12.8 Å². The summed E-state index contributed by atoms with van der Waals surface area (Å²) in [7, 11) is 0. The van der Waals surface area contributed by atoms with Gasteiger partial charge >= 0.3 is 0 Å². The molecule has 2 aromatic heterocycles. The third-order valence-corrected chi connectivity index (χ3v) is 5.84. The Bertz CT molecular complexity index is 1230. The van der Waals surface area contributed by atoms with Crippen molar-refractivity contribution in [1.29, 1.82) is 0 Å². The van der Waals surface area contributed by atoms with E-state index < -0.39 is 0 Å². The maximum Gasteiger partial charge on any atom is 0.257 e. The molecule has 1 amide bonds. The molecule has 5 rings (SSSR count). The van der Waals surface area contributed by atoms with Crippen LogP contribution in [0.3, 0.4) is 0 Å². The van der Waals surface area contributed by atoms with Crippen LogP contribution in [0.4, 0.5) is 5.13 Å².